The van der Waals surface area contributed by atoms with E-state index in [0.717, 1.165) is 0 Å². The van der Waals surface area contributed by atoms with E-state index in [9.17, 15) is 4.79 Å². The van der Waals surface area contributed by atoms with Crippen LogP contribution in [0.1, 0.15) is 23.0 Å². The first-order valence-corrected chi connectivity index (χ1v) is 4.83. The molecule has 1 aromatic rings. The van der Waals surface area contributed by atoms with Gasteiger partial charge >= 0.3 is 5.97 Å². The molecule has 0 saturated carbocycles. The lowest BCUT2D eigenvalue weighted by Crippen LogP contribution is -2.09. The van der Waals surface area contributed by atoms with Gasteiger partial charge in [0.2, 0.25) is 0 Å². The van der Waals surface area contributed by atoms with Crippen molar-refractivity contribution in [2.75, 3.05) is 6.61 Å². The second kappa shape index (κ2) is 4.29. The van der Waals surface area contributed by atoms with Crippen molar-refractivity contribution in [3.8, 4) is 6.07 Å². The van der Waals surface area contributed by atoms with Crippen LogP contribution in [0, 0.1) is 11.3 Å². The zero-order chi connectivity index (χ0) is 10.7. The molecule has 0 N–H and O–H groups in total. The van der Waals surface area contributed by atoms with E-state index in [1.54, 1.807) is 18.5 Å². The number of hydrogen-bond donors (Lipinski definition) is 0. The zero-order valence-corrected chi connectivity index (χ0v) is 9.46. The molecule has 14 heavy (non-hydrogen) atoms. The third kappa shape index (κ3) is 1.80. The summed E-state index contributed by atoms with van der Waals surface area (Å²) in [6.45, 7) is 2.06. The molecule has 0 amide bonds. The van der Waals surface area contributed by atoms with Gasteiger partial charge in [0.15, 0.2) is 0 Å². The summed E-state index contributed by atoms with van der Waals surface area (Å²) in [5, 5.41) is 8.72. The maximum atomic E-state index is 11.4. The van der Waals surface area contributed by atoms with E-state index in [1.807, 2.05) is 6.07 Å². The predicted octanol–water partition coefficient (Wildman–Crippen LogP) is 1.84. The van der Waals surface area contributed by atoms with Crippen molar-refractivity contribution in [3.63, 3.8) is 0 Å². The van der Waals surface area contributed by atoms with E-state index in [2.05, 4.69) is 15.9 Å². The average molecular weight is 257 g/mol. The molecular weight excluding hydrogens is 248 g/mol. The summed E-state index contributed by atoms with van der Waals surface area (Å²) in [6.07, 6.45) is 0. The predicted molar refractivity (Wildman–Crippen MR) is 53.8 cm³/mol. The van der Waals surface area contributed by atoms with Crippen molar-refractivity contribution >= 4 is 21.9 Å². The van der Waals surface area contributed by atoms with Gasteiger partial charge < -0.3 is 9.30 Å². The molecule has 0 aliphatic heterocycles. The van der Waals surface area contributed by atoms with Gasteiger partial charge in [-0.1, -0.05) is 0 Å². The number of carbonyl (C=O) groups excluding carboxylic acids is 1. The minimum Gasteiger partial charge on any atom is -0.461 e. The van der Waals surface area contributed by atoms with Gasteiger partial charge in [-0.05, 0) is 28.9 Å². The van der Waals surface area contributed by atoms with E-state index in [-0.39, 0.29) is 0 Å². The number of halogens is 1. The van der Waals surface area contributed by atoms with Crippen LogP contribution in [0.4, 0.5) is 0 Å². The average Bonchev–Trinajstić information content (AvgIpc) is 2.44. The summed E-state index contributed by atoms with van der Waals surface area (Å²) < 4.78 is 7.00. The molecule has 0 radical (unpaired) electrons. The van der Waals surface area contributed by atoms with Crippen molar-refractivity contribution < 1.29 is 9.53 Å². The molecule has 0 aliphatic rings. The Bertz CT molecular complexity index is 404. The van der Waals surface area contributed by atoms with Gasteiger partial charge in [-0.15, -0.1) is 0 Å². The molecule has 0 atom stereocenters. The van der Waals surface area contributed by atoms with Crippen LogP contribution < -0.4 is 0 Å². The maximum absolute atomic E-state index is 11.4. The lowest BCUT2D eigenvalue weighted by Gasteiger charge is -2.02. The second-order valence-electron chi connectivity index (χ2n) is 2.63. The van der Waals surface area contributed by atoms with Crippen LogP contribution >= 0.6 is 15.9 Å². The van der Waals surface area contributed by atoms with Gasteiger partial charge in [-0.3, -0.25) is 0 Å². The molecule has 74 valence electrons. The number of carbonyl (C=O) groups is 1. The van der Waals surface area contributed by atoms with E-state index >= 15 is 0 Å². The summed E-state index contributed by atoms with van der Waals surface area (Å²) in [5.74, 6) is -0.419. The molecule has 1 heterocycles. The smallest absolute Gasteiger partial charge is 0.355 e. The van der Waals surface area contributed by atoms with Gasteiger partial charge in [0.25, 0.3) is 0 Å². The van der Waals surface area contributed by atoms with Gasteiger partial charge in [0.05, 0.1) is 12.2 Å². The molecule has 0 saturated heterocycles. The Labute approximate surface area is 90.2 Å². The van der Waals surface area contributed by atoms with Crippen molar-refractivity contribution in [2.24, 2.45) is 7.05 Å². The molecule has 5 heteroatoms. The fraction of sp³-hybridized carbons (Fsp3) is 0.333. The Morgan fingerprint density at radius 3 is 2.86 bits per heavy atom. The number of nitriles is 1. The standard InChI is InChI=1S/C9H9BrN2O2/c1-3-14-9(13)7-4-6(5-11)8(10)12(7)2/h4H,3H2,1-2H3. The number of esters is 1. The summed E-state index contributed by atoms with van der Waals surface area (Å²) in [7, 11) is 1.69. The Balaban J connectivity index is 3.12. The van der Waals surface area contributed by atoms with E-state index in [0.29, 0.717) is 22.5 Å². The summed E-state index contributed by atoms with van der Waals surface area (Å²) in [6, 6.07) is 3.48. The SMILES string of the molecule is CCOC(=O)c1cc(C#N)c(Br)n1C. The quantitative estimate of drug-likeness (QED) is 0.759. The van der Waals surface area contributed by atoms with Gasteiger partial charge in [0.1, 0.15) is 16.4 Å². The molecule has 0 aromatic carbocycles. The van der Waals surface area contributed by atoms with Crippen LogP contribution in [0.15, 0.2) is 10.7 Å². The monoisotopic (exact) mass is 256 g/mol. The zero-order valence-electron chi connectivity index (χ0n) is 7.87. The molecule has 0 unspecified atom stereocenters. The topological polar surface area (TPSA) is 55.0 Å². The molecule has 1 rings (SSSR count). The molecule has 1 aromatic heterocycles. The number of ether oxygens (including phenoxy) is 1. The Morgan fingerprint density at radius 2 is 2.43 bits per heavy atom. The summed E-state index contributed by atoms with van der Waals surface area (Å²) in [5.41, 5.74) is 0.797. The first-order valence-electron chi connectivity index (χ1n) is 4.04. The maximum Gasteiger partial charge on any atom is 0.355 e. The summed E-state index contributed by atoms with van der Waals surface area (Å²) in [4.78, 5) is 11.4. The fourth-order valence-corrected chi connectivity index (χ4v) is 1.45. The van der Waals surface area contributed by atoms with E-state index < -0.39 is 5.97 Å². The number of aromatic nitrogens is 1. The number of hydrogen-bond acceptors (Lipinski definition) is 3. The molecule has 0 bridgehead atoms. The fourth-order valence-electron chi connectivity index (χ4n) is 1.06. The van der Waals surface area contributed by atoms with Crippen LogP contribution in [-0.2, 0) is 11.8 Å². The largest absolute Gasteiger partial charge is 0.461 e. The third-order valence-corrected chi connectivity index (χ3v) is 2.72. The Morgan fingerprint density at radius 1 is 1.79 bits per heavy atom. The lowest BCUT2D eigenvalue weighted by molar-refractivity contribution is 0.0515. The van der Waals surface area contributed by atoms with Crippen molar-refractivity contribution in [1.82, 2.24) is 4.57 Å². The highest BCUT2D eigenvalue weighted by atomic mass is 79.9. The highest BCUT2D eigenvalue weighted by molar-refractivity contribution is 9.10. The van der Waals surface area contributed by atoms with Crippen LogP contribution in [0.5, 0.6) is 0 Å². The van der Waals surface area contributed by atoms with Gasteiger partial charge in [-0.2, -0.15) is 5.26 Å². The van der Waals surface area contributed by atoms with E-state index in [4.69, 9.17) is 10.00 Å². The highest BCUT2D eigenvalue weighted by Gasteiger charge is 2.16. The Kier molecular flexibility index (Phi) is 3.31. The lowest BCUT2D eigenvalue weighted by atomic mass is 10.3. The van der Waals surface area contributed by atoms with Gasteiger partial charge in [0, 0.05) is 7.05 Å². The normalized spacial score (nSPS) is 9.57. The van der Waals surface area contributed by atoms with Crippen LogP contribution in [0.2, 0.25) is 0 Å². The molecule has 0 fully saturated rings. The van der Waals surface area contributed by atoms with Crippen molar-refractivity contribution in [1.29, 1.82) is 5.26 Å². The number of nitrogens with zero attached hydrogens (tertiary/aromatic N) is 2. The molecular formula is C9H9BrN2O2. The van der Waals surface area contributed by atoms with Crippen molar-refractivity contribution in [2.45, 2.75) is 6.92 Å². The van der Waals surface area contributed by atoms with E-state index in [1.165, 1.54) is 6.07 Å². The second-order valence-corrected chi connectivity index (χ2v) is 3.38. The number of rotatable bonds is 2. The third-order valence-electron chi connectivity index (χ3n) is 1.76. The molecule has 4 nitrogen and oxygen atoms in total. The Hall–Kier alpha value is -1.28. The summed E-state index contributed by atoms with van der Waals surface area (Å²) >= 11 is 3.21. The van der Waals surface area contributed by atoms with Crippen molar-refractivity contribution in [3.05, 3.63) is 21.9 Å². The van der Waals surface area contributed by atoms with Gasteiger partial charge in [-0.25, -0.2) is 4.79 Å². The minimum atomic E-state index is -0.419. The van der Waals surface area contributed by atoms with Crippen LogP contribution in [-0.4, -0.2) is 17.1 Å². The highest BCUT2D eigenvalue weighted by Crippen LogP contribution is 2.20. The molecule has 0 aliphatic carbocycles. The first-order chi connectivity index (χ1) is 6.61. The minimum absolute atomic E-state index is 0.323. The molecule has 0 spiro atoms. The van der Waals surface area contributed by atoms with Crippen LogP contribution in [0.25, 0.3) is 0 Å². The first kappa shape index (κ1) is 10.8. The van der Waals surface area contributed by atoms with Crippen LogP contribution in [0.3, 0.4) is 0 Å².